The molecule has 0 unspecified atom stereocenters. The Labute approximate surface area is 130 Å². The van der Waals surface area contributed by atoms with E-state index in [0.29, 0.717) is 0 Å². The second-order valence-corrected chi connectivity index (χ2v) is 6.16. The van der Waals surface area contributed by atoms with Crippen LogP contribution < -0.4 is 0 Å². The van der Waals surface area contributed by atoms with Crippen molar-refractivity contribution in [1.82, 2.24) is 0 Å². The van der Waals surface area contributed by atoms with Gasteiger partial charge in [-0.05, 0) is 39.1 Å². The van der Waals surface area contributed by atoms with Crippen molar-refractivity contribution in [3.8, 4) is 0 Å². The fourth-order valence-corrected chi connectivity index (χ4v) is 3.59. The molecule has 0 aliphatic rings. The van der Waals surface area contributed by atoms with Crippen molar-refractivity contribution in [1.29, 1.82) is 0 Å². The lowest BCUT2D eigenvalue weighted by Gasteiger charge is -2.10. The predicted molar refractivity (Wildman–Crippen MR) is 91.7 cm³/mol. The number of hydrogen-bond donors (Lipinski definition) is 0. The molecule has 0 fully saturated rings. The number of rotatable bonds is 0. The highest BCUT2D eigenvalue weighted by atomic mass is 79.9. The first-order valence-electron chi connectivity index (χ1n) is 6.44. The second-order valence-electron chi connectivity index (χ2n) is 4.90. The van der Waals surface area contributed by atoms with Crippen LogP contribution in [0.1, 0.15) is 0 Å². The molecule has 0 radical (unpaired) electrons. The molecule has 4 aromatic rings. The zero-order valence-corrected chi connectivity index (χ0v) is 12.9. The molecule has 2 heteroatoms. The number of hydrogen-bond acceptors (Lipinski definition) is 0. The van der Waals surface area contributed by atoms with E-state index in [1.54, 1.807) is 0 Å². The van der Waals surface area contributed by atoms with Crippen LogP contribution in [0.5, 0.6) is 0 Å². The molecule has 4 rings (SSSR count). The summed E-state index contributed by atoms with van der Waals surface area (Å²) >= 11 is 10.1. The molecule has 0 nitrogen and oxygen atoms in total. The summed E-state index contributed by atoms with van der Waals surface area (Å²) in [6.07, 6.45) is 0. The van der Waals surface area contributed by atoms with Crippen LogP contribution in [0.2, 0.25) is 5.02 Å². The normalized spacial score (nSPS) is 11.5. The van der Waals surface area contributed by atoms with E-state index < -0.39 is 0 Å². The zero-order valence-electron chi connectivity index (χ0n) is 10.5. The second kappa shape index (κ2) is 4.47. The average Bonchev–Trinajstić information content (AvgIpc) is 2.50. The smallest absolute Gasteiger partial charge is 0.0491 e. The molecule has 0 spiro atoms. The first-order chi connectivity index (χ1) is 9.75. The van der Waals surface area contributed by atoms with Gasteiger partial charge in [-0.3, -0.25) is 0 Å². The summed E-state index contributed by atoms with van der Waals surface area (Å²) < 4.78 is 1.08. The van der Waals surface area contributed by atoms with Crippen molar-refractivity contribution in [2.45, 2.75) is 0 Å². The van der Waals surface area contributed by atoms with E-state index in [4.69, 9.17) is 11.6 Å². The maximum Gasteiger partial charge on any atom is 0.0491 e. The van der Waals surface area contributed by atoms with E-state index in [1.807, 2.05) is 12.1 Å². The van der Waals surface area contributed by atoms with Crippen LogP contribution in [0.25, 0.3) is 32.3 Å². The van der Waals surface area contributed by atoms with Crippen molar-refractivity contribution >= 4 is 59.8 Å². The summed E-state index contributed by atoms with van der Waals surface area (Å²) in [4.78, 5) is 0. The average molecular weight is 342 g/mol. The van der Waals surface area contributed by atoms with Gasteiger partial charge in [-0.15, -0.1) is 0 Å². The quantitative estimate of drug-likeness (QED) is 0.318. The van der Waals surface area contributed by atoms with Crippen molar-refractivity contribution < 1.29 is 0 Å². The van der Waals surface area contributed by atoms with Gasteiger partial charge in [0.25, 0.3) is 0 Å². The Bertz CT molecular complexity index is 973. The fraction of sp³-hybridized carbons (Fsp3) is 0. The Morgan fingerprint density at radius 2 is 1.40 bits per heavy atom. The maximum absolute atomic E-state index is 6.49. The molecule has 4 aromatic carbocycles. The lowest BCUT2D eigenvalue weighted by Crippen LogP contribution is -1.83. The minimum atomic E-state index is 0.796. The van der Waals surface area contributed by atoms with Gasteiger partial charge in [0.1, 0.15) is 0 Å². The Morgan fingerprint density at radius 3 is 2.30 bits per heavy atom. The molecule has 0 bridgehead atoms. The van der Waals surface area contributed by atoms with E-state index in [1.165, 1.54) is 21.5 Å². The molecule has 0 aromatic heterocycles. The third-order valence-corrected chi connectivity index (χ3v) is 4.79. The number of halogens is 2. The fourth-order valence-electron chi connectivity index (χ4n) is 2.86. The summed E-state index contributed by atoms with van der Waals surface area (Å²) in [6.45, 7) is 0. The van der Waals surface area contributed by atoms with Crippen molar-refractivity contribution in [3.63, 3.8) is 0 Å². The highest BCUT2D eigenvalue weighted by Gasteiger charge is 2.09. The van der Waals surface area contributed by atoms with Gasteiger partial charge in [0, 0.05) is 14.9 Å². The van der Waals surface area contributed by atoms with Gasteiger partial charge < -0.3 is 0 Å². The summed E-state index contributed by atoms with van der Waals surface area (Å²) in [5.41, 5.74) is 0. The maximum atomic E-state index is 6.49. The van der Waals surface area contributed by atoms with E-state index in [9.17, 15) is 0 Å². The molecule has 0 atom stereocenters. The molecule has 0 saturated heterocycles. The molecule has 0 N–H and O–H groups in total. The van der Waals surface area contributed by atoms with Gasteiger partial charge in [-0.2, -0.15) is 0 Å². The molecular weight excluding hydrogens is 332 g/mol. The first-order valence-corrected chi connectivity index (χ1v) is 7.61. The lowest BCUT2D eigenvalue weighted by molar-refractivity contribution is 1.74. The van der Waals surface area contributed by atoms with Crippen LogP contribution in [-0.2, 0) is 0 Å². The van der Waals surface area contributed by atoms with Gasteiger partial charge >= 0.3 is 0 Å². The Kier molecular flexibility index (Phi) is 2.73. The van der Waals surface area contributed by atoms with Crippen LogP contribution in [0.3, 0.4) is 0 Å². The Morgan fingerprint density at radius 1 is 0.650 bits per heavy atom. The van der Waals surface area contributed by atoms with Crippen molar-refractivity contribution in [2.75, 3.05) is 0 Å². The topological polar surface area (TPSA) is 0 Å². The molecule has 0 aliphatic heterocycles. The minimum absolute atomic E-state index is 0.796. The molecule has 20 heavy (non-hydrogen) atoms. The van der Waals surface area contributed by atoms with Crippen molar-refractivity contribution in [2.24, 2.45) is 0 Å². The molecule has 0 amide bonds. The molecule has 0 aliphatic carbocycles. The highest BCUT2D eigenvalue weighted by molar-refractivity contribution is 9.10. The number of fused-ring (bicyclic) bond motifs is 5. The molecular formula is C18H10BrCl. The van der Waals surface area contributed by atoms with E-state index in [-0.39, 0.29) is 0 Å². The number of benzene rings is 4. The van der Waals surface area contributed by atoms with Gasteiger partial charge in [0.15, 0.2) is 0 Å². The SMILES string of the molecule is Clc1ccc(Br)c2ccc3ccc4ccccc4c3c12. The van der Waals surface area contributed by atoms with Gasteiger partial charge in [0.2, 0.25) is 0 Å². The summed E-state index contributed by atoms with van der Waals surface area (Å²) in [6, 6.07) is 21.0. The predicted octanol–water partition coefficient (Wildman–Crippen LogP) is 6.56. The van der Waals surface area contributed by atoms with E-state index in [0.717, 1.165) is 20.3 Å². The zero-order chi connectivity index (χ0) is 13.7. The van der Waals surface area contributed by atoms with Crippen molar-refractivity contribution in [3.05, 3.63) is 70.2 Å². The van der Waals surface area contributed by atoms with Crippen LogP contribution in [0, 0.1) is 0 Å². The Balaban J connectivity index is 2.40. The van der Waals surface area contributed by atoms with Crippen LogP contribution in [0.15, 0.2) is 65.1 Å². The van der Waals surface area contributed by atoms with E-state index in [2.05, 4.69) is 64.5 Å². The Hall–Kier alpha value is -1.57. The third-order valence-electron chi connectivity index (χ3n) is 3.78. The third kappa shape index (κ3) is 1.67. The van der Waals surface area contributed by atoms with Gasteiger partial charge in [0.05, 0.1) is 0 Å². The minimum Gasteiger partial charge on any atom is -0.0836 e. The summed E-state index contributed by atoms with van der Waals surface area (Å²) in [5, 5.41) is 8.00. The monoisotopic (exact) mass is 340 g/mol. The first kappa shape index (κ1) is 12.2. The highest BCUT2D eigenvalue weighted by Crippen LogP contribution is 2.38. The van der Waals surface area contributed by atoms with Crippen LogP contribution in [-0.4, -0.2) is 0 Å². The summed E-state index contributed by atoms with van der Waals surface area (Å²) in [5.74, 6) is 0. The van der Waals surface area contributed by atoms with Gasteiger partial charge in [-0.1, -0.05) is 76.1 Å². The van der Waals surface area contributed by atoms with Crippen LogP contribution >= 0.6 is 27.5 Å². The standard InChI is InChI=1S/C18H10BrCl/c19-15-9-10-16(20)18-14(15)8-7-12-6-5-11-3-1-2-4-13(11)17(12)18/h1-10H. The molecule has 0 heterocycles. The van der Waals surface area contributed by atoms with Crippen LogP contribution in [0.4, 0.5) is 0 Å². The van der Waals surface area contributed by atoms with Gasteiger partial charge in [-0.25, -0.2) is 0 Å². The lowest BCUT2D eigenvalue weighted by atomic mass is 9.96. The summed E-state index contributed by atoms with van der Waals surface area (Å²) in [7, 11) is 0. The largest absolute Gasteiger partial charge is 0.0836 e. The van der Waals surface area contributed by atoms with E-state index >= 15 is 0 Å². The molecule has 96 valence electrons. The molecule has 0 saturated carbocycles.